The molecule has 0 fully saturated rings. The largest absolute Gasteiger partial charge is 0.487 e. The van der Waals surface area contributed by atoms with Crippen LogP contribution in [0.5, 0.6) is 5.75 Å². The zero-order valence-electron chi connectivity index (χ0n) is 10.8. The van der Waals surface area contributed by atoms with Gasteiger partial charge in [0.05, 0.1) is 3.79 Å². The van der Waals surface area contributed by atoms with Gasteiger partial charge in [-0.1, -0.05) is 48.5 Å². The Balaban J connectivity index is 1.83. The van der Waals surface area contributed by atoms with E-state index in [1.165, 1.54) is 10.4 Å². The Kier molecular flexibility index (Phi) is 4.19. The lowest BCUT2D eigenvalue weighted by Gasteiger charge is -2.10. The molecule has 0 N–H and O–H groups in total. The summed E-state index contributed by atoms with van der Waals surface area (Å²) in [7, 11) is 0. The van der Waals surface area contributed by atoms with E-state index in [-0.39, 0.29) is 0 Å². The highest BCUT2D eigenvalue weighted by molar-refractivity contribution is 9.11. The van der Waals surface area contributed by atoms with E-state index in [0.717, 1.165) is 15.1 Å². The van der Waals surface area contributed by atoms with Crippen molar-refractivity contribution in [3.05, 3.63) is 75.4 Å². The first-order chi connectivity index (χ1) is 9.83. The second kappa shape index (κ2) is 6.25. The van der Waals surface area contributed by atoms with Crippen molar-refractivity contribution in [3.8, 4) is 16.9 Å². The van der Waals surface area contributed by atoms with Gasteiger partial charge in [0, 0.05) is 10.4 Å². The SMILES string of the molecule is Brc1ccc(COc2ccccc2-c2ccccc2)s1. The molecule has 0 aliphatic heterocycles. The third-order valence-corrected chi connectivity index (χ3v) is 4.57. The lowest BCUT2D eigenvalue weighted by molar-refractivity contribution is 0.311. The molecule has 1 aromatic heterocycles. The summed E-state index contributed by atoms with van der Waals surface area (Å²) < 4.78 is 7.11. The molecular weight excluding hydrogens is 332 g/mol. The van der Waals surface area contributed by atoms with Gasteiger partial charge in [-0.3, -0.25) is 0 Å². The maximum atomic E-state index is 5.98. The molecule has 0 saturated heterocycles. The van der Waals surface area contributed by atoms with Crippen LogP contribution in [0.2, 0.25) is 0 Å². The fraction of sp³-hybridized carbons (Fsp3) is 0.0588. The number of hydrogen-bond donors (Lipinski definition) is 0. The topological polar surface area (TPSA) is 9.23 Å². The van der Waals surface area contributed by atoms with E-state index in [1.54, 1.807) is 11.3 Å². The molecule has 3 aromatic rings. The predicted molar refractivity (Wildman–Crippen MR) is 88.2 cm³/mol. The van der Waals surface area contributed by atoms with Crippen LogP contribution in [0.15, 0.2) is 70.5 Å². The van der Waals surface area contributed by atoms with Crippen LogP contribution >= 0.6 is 27.3 Å². The predicted octanol–water partition coefficient (Wildman–Crippen LogP) is 5.76. The van der Waals surface area contributed by atoms with Crippen molar-refractivity contribution in [2.24, 2.45) is 0 Å². The minimum absolute atomic E-state index is 0.597. The van der Waals surface area contributed by atoms with Gasteiger partial charge in [-0.25, -0.2) is 0 Å². The molecule has 0 atom stereocenters. The van der Waals surface area contributed by atoms with Crippen molar-refractivity contribution in [1.82, 2.24) is 0 Å². The van der Waals surface area contributed by atoms with Gasteiger partial charge in [0.2, 0.25) is 0 Å². The molecule has 0 aliphatic carbocycles. The third kappa shape index (κ3) is 3.11. The molecule has 0 saturated carbocycles. The number of halogens is 1. The van der Waals surface area contributed by atoms with E-state index >= 15 is 0 Å². The summed E-state index contributed by atoms with van der Waals surface area (Å²) >= 11 is 5.17. The number of rotatable bonds is 4. The minimum atomic E-state index is 0.597. The van der Waals surface area contributed by atoms with Crippen LogP contribution in [0.3, 0.4) is 0 Å². The van der Waals surface area contributed by atoms with Gasteiger partial charge >= 0.3 is 0 Å². The van der Waals surface area contributed by atoms with Gasteiger partial charge < -0.3 is 4.74 Å². The first kappa shape index (κ1) is 13.4. The van der Waals surface area contributed by atoms with Crippen molar-refractivity contribution in [3.63, 3.8) is 0 Å². The molecule has 0 aliphatic rings. The molecule has 1 nitrogen and oxygen atoms in total. The first-order valence-electron chi connectivity index (χ1n) is 6.34. The molecule has 2 aromatic carbocycles. The molecular formula is C17H13BrOS. The van der Waals surface area contributed by atoms with E-state index in [4.69, 9.17) is 4.74 Å². The van der Waals surface area contributed by atoms with Crippen molar-refractivity contribution in [2.75, 3.05) is 0 Å². The summed E-state index contributed by atoms with van der Waals surface area (Å²) in [6.07, 6.45) is 0. The second-order valence-electron chi connectivity index (χ2n) is 4.36. The summed E-state index contributed by atoms with van der Waals surface area (Å²) in [6.45, 7) is 0.597. The molecule has 1 heterocycles. The van der Waals surface area contributed by atoms with E-state index in [9.17, 15) is 0 Å². The van der Waals surface area contributed by atoms with Crippen LogP contribution in [0, 0.1) is 0 Å². The summed E-state index contributed by atoms with van der Waals surface area (Å²) in [5.41, 5.74) is 2.30. The smallest absolute Gasteiger partial charge is 0.127 e. The normalized spacial score (nSPS) is 10.4. The summed E-state index contributed by atoms with van der Waals surface area (Å²) in [5.74, 6) is 0.920. The van der Waals surface area contributed by atoms with Crippen molar-refractivity contribution in [1.29, 1.82) is 0 Å². The Morgan fingerprint density at radius 1 is 0.850 bits per heavy atom. The molecule has 100 valence electrons. The van der Waals surface area contributed by atoms with Crippen LogP contribution in [-0.4, -0.2) is 0 Å². The van der Waals surface area contributed by atoms with Crippen molar-refractivity contribution < 1.29 is 4.74 Å². The quantitative estimate of drug-likeness (QED) is 0.584. The molecule has 20 heavy (non-hydrogen) atoms. The highest BCUT2D eigenvalue weighted by atomic mass is 79.9. The fourth-order valence-corrected chi connectivity index (χ4v) is 3.42. The van der Waals surface area contributed by atoms with Crippen LogP contribution in [0.4, 0.5) is 0 Å². The fourth-order valence-electron chi connectivity index (χ4n) is 2.03. The Labute approximate surface area is 131 Å². The number of thiophene rings is 1. The molecule has 0 spiro atoms. The average molecular weight is 345 g/mol. The lowest BCUT2D eigenvalue weighted by atomic mass is 10.1. The third-order valence-electron chi connectivity index (χ3n) is 2.97. The highest BCUT2D eigenvalue weighted by Gasteiger charge is 2.06. The molecule has 0 bridgehead atoms. The maximum Gasteiger partial charge on any atom is 0.127 e. The van der Waals surface area contributed by atoms with Gasteiger partial charge in [-0.15, -0.1) is 11.3 Å². The second-order valence-corrected chi connectivity index (χ2v) is 6.90. The Hall–Kier alpha value is -1.58. The molecule has 0 unspecified atom stereocenters. The van der Waals surface area contributed by atoms with Gasteiger partial charge in [-0.2, -0.15) is 0 Å². The van der Waals surface area contributed by atoms with Crippen LogP contribution in [0.1, 0.15) is 4.88 Å². The summed E-state index contributed by atoms with van der Waals surface area (Å²) in [6, 6.07) is 22.6. The molecule has 0 amide bonds. The maximum absolute atomic E-state index is 5.98. The zero-order chi connectivity index (χ0) is 13.8. The molecule has 3 heteroatoms. The first-order valence-corrected chi connectivity index (χ1v) is 7.95. The van der Waals surface area contributed by atoms with Gasteiger partial charge in [0.25, 0.3) is 0 Å². The zero-order valence-corrected chi connectivity index (χ0v) is 13.2. The van der Waals surface area contributed by atoms with Crippen molar-refractivity contribution >= 4 is 27.3 Å². The number of ether oxygens (including phenoxy) is 1. The van der Waals surface area contributed by atoms with Crippen LogP contribution in [-0.2, 0) is 6.61 Å². The van der Waals surface area contributed by atoms with Crippen LogP contribution < -0.4 is 4.74 Å². The highest BCUT2D eigenvalue weighted by Crippen LogP contribution is 2.31. The number of para-hydroxylation sites is 1. The number of hydrogen-bond acceptors (Lipinski definition) is 2. The summed E-state index contributed by atoms with van der Waals surface area (Å²) in [5, 5.41) is 0. The van der Waals surface area contributed by atoms with E-state index in [1.807, 2.05) is 42.5 Å². The lowest BCUT2D eigenvalue weighted by Crippen LogP contribution is -1.94. The van der Waals surface area contributed by atoms with Gasteiger partial charge in [0.1, 0.15) is 12.4 Å². The van der Waals surface area contributed by atoms with Gasteiger partial charge in [0.15, 0.2) is 0 Å². The van der Waals surface area contributed by atoms with Crippen LogP contribution in [0.25, 0.3) is 11.1 Å². The molecule has 3 rings (SSSR count). The Morgan fingerprint density at radius 2 is 1.60 bits per heavy atom. The minimum Gasteiger partial charge on any atom is -0.487 e. The summed E-state index contributed by atoms with van der Waals surface area (Å²) in [4.78, 5) is 1.21. The Morgan fingerprint density at radius 3 is 2.35 bits per heavy atom. The van der Waals surface area contributed by atoms with Gasteiger partial charge in [-0.05, 0) is 39.7 Å². The van der Waals surface area contributed by atoms with E-state index in [2.05, 4.69) is 40.2 Å². The Bertz CT molecular complexity index is 691. The van der Waals surface area contributed by atoms with E-state index in [0.29, 0.717) is 6.61 Å². The monoisotopic (exact) mass is 344 g/mol. The van der Waals surface area contributed by atoms with E-state index < -0.39 is 0 Å². The molecule has 0 radical (unpaired) electrons. The standard InChI is InChI=1S/C17H13BrOS/c18-17-11-10-14(20-17)12-19-16-9-5-4-8-15(16)13-6-2-1-3-7-13/h1-11H,12H2. The van der Waals surface area contributed by atoms with Crippen molar-refractivity contribution in [2.45, 2.75) is 6.61 Å². The average Bonchev–Trinajstić information content (AvgIpc) is 2.92. The number of benzene rings is 2.